The minimum absolute atomic E-state index is 0.121. The number of alkyl halides is 1. The van der Waals surface area contributed by atoms with E-state index in [1.807, 2.05) is 55.6 Å². The molecular weight excluding hydrogens is 584 g/mol. The Labute approximate surface area is 260 Å². The van der Waals surface area contributed by atoms with Gasteiger partial charge in [-0.25, -0.2) is 18.6 Å². The van der Waals surface area contributed by atoms with Gasteiger partial charge in [0.2, 0.25) is 0 Å². The summed E-state index contributed by atoms with van der Waals surface area (Å²) in [5, 5.41) is 3.00. The number of carbonyl (C=O) groups excluding carboxylic acids is 2. The first-order valence-electron chi connectivity index (χ1n) is 15.4. The second-order valence-electron chi connectivity index (χ2n) is 12.8. The maximum absolute atomic E-state index is 15.5. The topological polar surface area (TPSA) is 79.2 Å². The smallest absolute Gasteiger partial charge is 0.410 e. The summed E-state index contributed by atoms with van der Waals surface area (Å²) in [4.78, 5) is 34.9. The number of nitrogens with zero attached hydrogens (tertiary/aromatic N) is 4. The highest BCUT2D eigenvalue weighted by Crippen LogP contribution is 2.36. The number of hydrogen-bond acceptors (Lipinski definition) is 6. The van der Waals surface area contributed by atoms with Crippen LogP contribution in [0.2, 0.25) is 0 Å². The first kappa shape index (κ1) is 30.5. The molecule has 0 saturated carbocycles. The Kier molecular flexibility index (Phi) is 8.61. The number of nitrogens with one attached hydrogen (secondary N) is 1. The van der Waals surface area contributed by atoms with E-state index in [0.717, 1.165) is 47.7 Å². The third-order valence-corrected chi connectivity index (χ3v) is 9.36. The molecule has 2 saturated heterocycles. The van der Waals surface area contributed by atoms with Gasteiger partial charge in [-0.05, 0) is 83.7 Å². The van der Waals surface area contributed by atoms with E-state index in [-0.39, 0.29) is 17.8 Å². The van der Waals surface area contributed by atoms with Gasteiger partial charge in [-0.1, -0.05) is 23.5 Å². The van der Waals surface area contributed by atoms with E-state index in [2.05, 4.69) is 10.2 Å². The first-order valence-corrected chi connectivity index (χ1v) is 16.2. The van der Waals surface area contributed by atoms with Crippen molar-refractivity contribution in [3.63, 3.8) is 0 Å². The van der Waals surface area contributed by atoms with E-state index < -0.39 is 17.9 Å². The Morgan fingerprint density at radius 2 is 1.89 bits per heavy atom. The van der Waals surface area contributed by atoms with Crippen LogP contribution in [-0.2, 0) is 4.74 Å². The van der Waals surface area contributed by atoms with Gasteiger partial charge in [-0.15, -0.1) is 0 Å². The molecule has 1 N–H and O–H groups in total. The molecule has 1 unspecified atom stereocenters. The van der Waals surface area contributed by atoms with E-state index >= 15 is 4.39 Å². The average molecular weight is 624 g/mol. The number of imidazole rings is 1. The predicted octanol–water partition coefficient (Wildman–Crippen LogP) is 6.98. The molecule has 0 spiro atoms. The zero-order valence-electron chi connectivity index (χ0n) is 25.4. The highest BCUT2D eigenvalue weighted by atomic mass is 32.1. The van der Waals surface area contributed by atoms with Crippen LogP contribution in [0.15, 0.2) is 42.6 Å². The molecule has 2 aliphatic heterocycles. The number of likely N-dealkylation sites (tertiary alicyclic amines) is 2. The lowest BCUT2D eigenvalue weighted by Crippen LogP contribution is -2.36. The summed E-state index contributed by atoms with van der Waals surface area (Å²) in [5.74, 6) is -0.492. The molecule has 2 fully saturated rings. The van der Waals surface area contributed by atoms with Crippen molar-refractivity contribution in [1.29, 1.82) is 0 Å². The van der Waals surface area contributed by atoms with E-state index in [0.29, 0.717) is 54.7 Å². The molecule has 1 atom stereocenters. The number of hydrogen-bond donors (Lipinski definition) is 1. The summed E-state index contributed by atoms with van der Waals surface area (Å²) >= 11 is 1.47. The molecule has 4 aromatic rings. The summed E-state index contributed by atoms with van der Waals surface area (Å²) in [6.45, 7) is 9.00. The van der Waals surface area contributed by atoms with E-state index in [1.54, 1.807) is 11.0 Å². The first-order chi connectivity index (χ1) is 21.1. The van der Waals surface area contributed by atoms with Crippen molar-refractivity contribution in [1.82, 2.24) is 24.5 Å². The van der Waals surface area contributed by atoms with Gasteiger partial charge in [0, 0.05) is 49.1 Å². The molecule has 2 amide bonds. The van der Waals surface area contributed by atoms with Crippen molar-refractivity contribution in [3.05, 3.63) is 59.5 Å². The second-order valence-corrected chi connectivity index (χ2v) is 13.8. The number of ether oxygens (including phenoxy) is 1. The fourth-order valence-electron chi connectivity index (χ4n) is 6.10. The number of fused-ring (bicyclic) bond motifs is 3. The van der Waals surface area contributed by atoms with Crippen molar-refractivity contribution >= 4 is 38.5 Å². The largest absolute Gasteiger partial charge is 0.444 e. The summed E-state index contributed by atoms with van der Waals surface area (Å²) in [6.07, 6.45) is 4.28. The molecule has 44 heavy (non-hydrogen) atoms. The number of halogens is 2. The Morgan fingerprint density at radius 3 is 2.64 bits per heavy atom. The predicted molar refractivity (Wildman–Crippen MR) is 168 cm³/mol. The van der Waals surface area contributed by atoms with Crippen LogP contribution in [0.25, 0.3) is 26.4 Å². The second kappa shape index (κ2) is 12.4. The normalized spacial score (nSPS) is 18.4. The monoisotopic (exact) mass is 623 g/mol. The maximum atomic E-state index is 15.5. The summed E-state index contributed by atoms with van der Waals surface area (Å²) in [7, 11) is 0. The molecule has 11 heteroatoms. The zero-order chi connectivity index (χ0) is 31.0. The molecule has 0 radical (unpaired) electrons. The van der Waals surface area contributed by atoms with Gasteiger partial charge >= 0.3 is 6.09 Å². The van der Waals surface area contributed by atoms with Crippen LogP contribution in [0, 0.1) is 5.82 Å². The van der Waals surface area contributed by atoms with E-state index in [9.17, 15) is 14.0 Å². The number of amides is 2. The molecule has 0 aliphatic carbocycles. The Hall–Kier alpha value is -3.57. The Bertz CT molecular complexity index is 1670. The van der Waals surface area contributed by atoms with Crippen molar-refractivity contribution in [3.8, 4) is 11.3 Å². The van der Waals surface area contributed by atoms with Gasteiger partial charge in [0.05, 0.1) is 22.0 Å². The van der Waals surface area contributed by atoms with Crippen molar-refractivity contribution in [2.75, 3.05) is 32.7 Å². The maximum Gasteiger partial charge on any atom is 0.410 e. The standard InChI is InChI=1S/C33H39F2N5O3S/c1-33(2,3)43-32(42)39-15-4-6-27(39)24-9-7-21(18-25(24)35)26-20-40-28-10-8-22(19-29(28)44-31(40)37-26)30(41)36-13-5-14-38-16-11-23(34)12-17-38/h7-10,18-20,23,27H,4-6,11-17H2,1-3H3,(H,36,41). The molecule has 234 valence electrons. The summed E-state index contributed by atoms with van der Waals surface area (Å²) in [6, 6.07) is 10.3. The fraction of sp³-hybridized carbons (Fsp3) is 0.485. The minimum Gasteiger partial charge on any atom is -0.444 e. The van der Waals surface area contributed by atoms with E-state index in [4.69, 9.17) is 9.72 Å². The van der Waals surface area contributed by atoms with Gasteiger partial charge in [-0.2, -0.15) is 0 Å². The van der Waals surface area contributed by atoms with Crippen LogP contribution in [0.1, 0.15) is 74.8 Å². The Morgan fingerprint density at radius 1 is 1.09 bits per heavy atom. The zero-order valence-corrected chi connectivity index (χ0v) is 26.3. The number of carbonyl (C=O) groups is 2. The lowest BCUT2D eigenvalue weighted by molar-refractivity contribution is 0.0222. The molecule has 0 bridgehead atoms. The lowest BCUT2D eigenvalue weighted by atomic mass is 10.0. The molecule has 2 aliphatic rings. The Balaban J connectivity index is 1.11. The SMILES string of the molecule is CC(C)(C)OC(=O)N1CCCC1c1ccc(-c2cn3c(n2)sc2cc(C(=O)NCCCN4CCC(F)CC4)ccc23)cc1F. The van der Waals surface area contributed by atoms with Gasteiger partial charge < -0.3 is 19.9 Å². The van der Waals surface area contributed by atoms with Crippen LogP contribution in [-0.4, -0.2) is 75.7 Å². The number of piperidine rings is 1. The van der Waals surface area contributed by atoms with Crippen LogP contribution in [0.3, 0.4) is 0 Å². The molecule has 8 nitrogen and oxygen atoms in total. The number of rotatable bonds is 7. The van der Waals surface area contributed by atoms with Crippen LogP contribution >= 0.6 is 11.3 Å². The number of aromatic nitrogens is 2. The van der Waals surface area contributed by atoms with Crippen LogP contribution in [0.4, 0.5) is 13.6 Å². The van der Waals surface area contributed by atoms with E-state index in [1.165, 1.54) is 17.4 Å². The molecule has 6 rings (SSSR count). The third kappa shape index (κ3) is 6.58. The highest BCUT2D eigenvalue weighted by molar-refractivity contribution is 7.23. The van der Waals surface area contributed by atoms with Gasteiger partial charge in [0.1, 0.15) is 17.6 Å². The molecule has 2 aromatic carbocycles. The minimum atomic E-state index is -0.677. The van der Waals surface area contributed by atoms with Crippen LogP contribution < -0.4 is 5.32 Å². The molecule has 4 heterocycles. The quantitative estimate of drug-likeness (QED) is 0.225. The number of thiazole rings is 1. The van der Waals surface area contributed by atoms with Gasteiger partial charge in [-0.3, -0.25) is 9.20 Å². The van der Waals surface area contributed by atoms with Crippen molar-refractivity contribution in [2.24, 2.45) is 0 Å². The van der Waals surface area contributed by atoms with Crippen LogP contribution in [0.5, 0.6) is 0 Å². The fourth-order valence-corrected chi connectivity index (χ4v) is 7.15. The molecule has 2 aromatic heterocycles. The molecular formula is C33H39F2N5O3S. The summed E-state index contributed by atoms with van der Waals surface area (Å²) < 4.78 is 37.2. The third-order valence-electron chi connectivity index (χ3n) is 8.35. The van der Waals surface area contributed by atoms with Gasteiger partial charge in [0.25, 0.3) is 5.91 Å². The summed E-state index contributed by atoms with van der Waals surface area (Å²) in [5.41, 5.74) is 2.68. The van der Waals surface area contributed by atoms with Gasteiger partial charge in [0.15, 0.2) is 4.96 Å². The van der Waals surface area contributed by atoms with Crippen molar-refractivity contribution in [2.45, 2.75) is 70.7 Å². The average Bonchev–Trinajstić information content (AvgIpc) is 3.70. The lowest BCUT2D eigenvalue weighted by Gasteiger charge is -2.29. The van der Waals surface area contributed by atoms with Crippen molar-refractivity contribution < 1.29 is 23.1 Å². The number of benzene rings is 2. The highest BCUT2D eigenvalue weighted by Gasteiger charge is 2.34.